The van der Waals surface area contributed by atoms with Gasteiger partial charge in [0.05, 0.1) is 25.8 Å². The maximum atomic E-state index is 11.7. The van der Waals surface area contributed by atoms with E-state index in [1.165, 1.54) is 7.11 Å². The molecule has 148 valence electrons. The van der Waals surface area contributed by atoms with Crippen LogP contribution in [-0.4, -0.2) is 49.9 Å². The fourth-order valence-electron chi connectivity index (χ4n) is 3.43. The zero-order valence-corrected chi connectivity index (χ0v) is 16.9. The number of fused-ring (bicyclic) bond motifs is 2. The number of hydrogen-bond acceptors (Lipinski definition) is 5. The maximum Gasteiger partial charge on any atom is 0.309 e. The number of ether oxygens (including phenoxy) is 2. The summed E-state index contributed by atoms with van der Waals surface area (Å²) in [6, 6.07) is 14.1. The molecule has 0 spiro atoms. The molecule has 2 aromatic carbocycles. The van der Waals surface area contributed by atoms with E-state index in [9.17, 15) is 4.79 Å². The van der Waals surface area contributed by atoms with Crippen LogP contribution in [0.1, 0.15) is 36.1 Å². The molecule has 1 aliphatic rings. The Hall–Kier alpha value is -2.66. The molecule has 5 nitrogen and oxygen atoms in total. The molecule has 0 fully saturated rings. The summed E-state index contributed by atoms with van der Waals surface area (Å²) in [4.78, 5) is 19.1. The highest BCUT2D eigenvalue weighted by atomic mass is 16.5. The first-order valence-electron chi connectivity index (χ1n) is 9.84. The Bertz CT molecular complexity index is 857. The van der Waals surface area contributed by atoms with E-state index in [0.29, 0.717) is 13.2 Å². The van der Waals surface area contributed by atoms with Crippen LogP contribution in [-0.2, 0) is 22.6 Å². The maximum absolute atomic E-state index is 11.7. The van der Waals surface area contributed by atoms with E-state index < -0.39 is 0 Å². The van der Waals surface area contributed by atoms with E-state index >= 15 is 0 Å². The number of esters is 1. The van der Waals surface area contributed by atoms with Crippen molar-refractivity contribution in [3.05, 3.63) is 64.7 Å². The van der Waals surface area contributed by atoms with E-state index in [1.807, 2.05) is 30.3 Å². The molecule has 1 heterocycles. The fourth-order valence-corrected chi connectivity index (χ4v) is 3.43. The number of aliphatic imine (C=N–C) groups is 1. The molecule has 0 N–H and O–H groups in total. The Labute approximate surface area is 167 Å². The molecule has 0 saturated heterocycles. The van der Waals surface area contributed by atoms with E-state index in [-0.39, 0.29) is 12.4 Å². The van der Waals surface area contributed by atoms with Crippen molar-refractivity contribution in [1.29, 1.82) is 0 Å². The van der Waals surface area contributed by atoms with Crippen LogP contribution in [0.25, 0.3) is 0 Å². The molecule has 0 saturated carbocycles. The zero-order valence-electron chi connectivity index (χ0n) is 16.9. The Morgan fingerprint density at radius 3 is 2.68 bits per heavy atom. The van der Waals surface area contributed by atoms with E-state index in [1.54, 1.807) is 0 Å². The molecule has 0 radical (unpaired) electrons. The third-order valence-electron chi connectivity index (χ3n) is 5.11. The minimum absolute atomic E-state index is 0.234. The second-order valence-corrected chi connectivity index (χ2v) is 6.79. The lowest BCUT2D eigenvalue weighted by molar-refractivity contribution is -0.139. The lowest BCUT2D eigenvalue weighted by Gasteiger charge is -2.17. The van der Waals surface area contributed by atoms with E-state index in [4.69, 9.17) is 14.5 Å². The van der Waals surface area contributed by atoms with Gasteiger partial charge in [-0.25, -0.2) is 0 Å². The first-order valence-corrected chi connectivity index (χ1v) is 9.84. The van der Waals surface area contributed by atoms with Crippen LogP contribution in [0.15, 0.2) is 47.5 Å². The smallest absolute Gasteiger partial charge is 0.309 e. The molecule has 5 heteroatoms. The molecule has 2 aromatic rings. The zero-order chi connectivity index (χ0) is 19.9. The van der Waals surface area contributed by atoms with Gasteiger partial charge in [-0.15, -0.1) is 0 Å². The van der Waals surface area contributed by atoms with Crippen LogP contribution in [0.5, 0.6) is 5.75 Å². The molecule has 0 amide bonds. The normalized spacial score (nSPS) is 14.2. The Morgan fingerprint density at radius 2 is 1.93 bits per heavy atom. The number of carbonyl (C=O) groups is 1. The molecular weight excluding hydrogens is 352 g/mol. The first kappa shape index (κ1) is 20.1. The number of methoxy groups -OCH3 is 1. The van der Waals surface area contributed by atoms with Crippen LogP contribution in [0.4, 0.5) is 0 Å². The highest BCUT2D eigenvalue weighted by Crippen LogP contribution is 2.30. The van der Waals surface area contributed by atoms with Crippen molar-refractivity contribution >= 4 is 11.7 Å². The standard InChI is InChI=1S/C23H28N2O3/c1-4-25(5-2)13-12-24-23-19-9-7-6-8-18(19)16-28-21-11-10-17(14-20(21)23)15-22(26)27-3/h6-11,14H,4-5,12-13,15-16H2,1-3H3/b24-23-. The van der Waals surface area contributed by atoms with Gasteiger partial charge in [-0.2, -0.15) is 0 Å². The monoisotopic (exact) mass is 380 g/mol. The van der Waals surface area contributed by atoms with Gasteiger partial charge < -0.3 is 14.4 Å². The van der Waals surface area contributed by atoms with Gasteiger partial charge in [-0.3, -0.25) is 9.79 Å². The third-order valence-corrected chi connectivity index (χ3v) is 5.11. The minimum Gasteiger partial charge on any atom is -0.488 e. The van der Waals surface area contributed by atoms with Gasteiger partial charge in [-0.05, 0) is 36.3 Å². The summed E-state index contributed by atoms with van der Waals surface area (Å²) >= 11 is 0. The number of benzene rings is 2. The SMILES string of the molecule is CCN(CC)CC/N=C1/c2ccccc2COc2ccc(CC(=O)OC)cc21. The van der Waals surface area contributed by atoms with Gasteiger partial charge in [0, 0.05) is 17.7 Å². The quantitative estimate of drug-likeness (QED) is 0.690. The van der Waals surface area contributed by atoms with Crippen LogP contribution in [0.2, 0.25) is 0 Å². The second kappa shape index (κ2) is 9.51. The summed E-state index contributed by atoms with van der Waals surface area (Å²) in [5.41, 5.74) is 4.98. The number of carbonyl (C=O) groups excluding carboxylic acids is 1. The van der Waals surface area contributed by atoms with Crippen molar-refractivity contribution in [3.8, 4) is 5.75 Å². The highest BCUT2D eigenvalue weighted by Gasteiger charge is 2.21. The molecule has 3 rings (SSSR count). The first-order chi connectivity index (χ1) is 13.7. The minimum atomic E-state index is -0.255. The van der Waals surface area contributed by atoms with Gasteiger partial charge in [0.15, 0.2) is 0 Å². The fraction of sp³-hybridized carbons (Fsp3) is 0.391. The average Bonchev–Trinajstić information content (AvgIpc) is 2.88. The summed E-state index contributed by atoms with van der Waals surface area (Å²) in [7, 11) is 1.41. The van der Waals surface area contributed by atoms with Crippen molar-refractivity contribution < 1.29 is 14.3 Å². The lowest BCUT2D eigenvalue weighted by Crippen LogP contribution is -2.26. The third kappa shape index (κ3) is 4.60. The van der Waals surface area contributed by atoms with Gasteiger partial charge >= 0.3 is 5.97 Å². The van der Waals surface area contributed by atoms with Crippen molar-refractivity contribution in [1.82, 2.24) is 4.90 Å². The molecule has 0 aromatic heterocycles. The number of hydrogen-bond donors (Lipinski definition) is 0. The van der Waals surface area contributed by atoms with E-state index in [0.717, 1.165) is 53.3 Å². The summed E-state index contributed by atoms with van der Waals surface area (Å²) in [6.45, 7) is 8.50. The van der Waals surface area contributed by atoms with Crippen molar-refractivity contribution in [2.24, 2.45) is 4.99 Å². The molecule has 0 atom stereocenters. The summed E-state index contributed by atoms with van der Waals surface area (Å²) in [5.74, 6) is 0.543. The van der Waals surface area contributed by atoms with Crippen molar-refractivity contribution in [2.45, 2.75) is 26.9 Å². The highest BCUT2D eigenvalue weighted by molar-refractivity contribution is 6.15. The molecular formula is C23H28N2O3. The number of rotatable bonds is 7. The second-order valence-electron chi connectivity index (χ2n) is 6.79. The average molecular weight is 380 g/mol. The Balaban J connectivity index is 2.00. The van der Waals surface area contributed by atoms with Crippen LogP contribution in [0.3, 0.4) is 0 Å². The van der Waals surface area contributed by atoms with Gasteiger partial charge in [0.2, 0.25) is 0 Å². The molecule has 0 unspecified atom stereocenters. The summed E-state index contributed by atoms with van der Waals surface area (Å²) < 4.78 is 10.9. The molecule has 1 aliphatic heterocycles. The van der Waals surface area contributed by atoms with Crippen LogP contribution >= 0.6 is 0 Å². The van der Waals surface area contributed by atoms with E-state index in [2.05, 4.69) is 30.9 Å². The molecule has 0 bridgehead atoms. The topological polar surface area (TPSA) is 51.1 Å². The number of nitrogens with zero attached hydrogens (tertiary/aromatic N) is 2. The Kier molecular flexibility index (Phi) is 6.82. The predicted octanol–water partition coefficient (Wildman–Crippen LogP) is 3.47. The van der Waals surface area contributed by atoms with Crippen molar-refractivity contribution in [3.63, 3.8) is 0 Å². The summed E-state index contributed by atoms with van der Waals surface area (Å²) in [6.07, 6.45) is 0.234. The largest absolute Gasteiger partial charge is 0.488 e. The van der Waals surface area contributed by atoms with Gasteiger partial charge in [0.1, 0.15) is 12.4 Å². The Morgan fingerprint density at radius 1 is 1.14 bits per heavy atom. The number of likely N-dealkylation sites (N-methyl/N-ethyl adjacent to an activating group) is 1. The van der Waals surface area contributed by atoms with Gasteiger partial charge in [0.25, 0.3) is 0 Å². The van der Waals surface area contributed by atoms with Gasteiger partial charge in [-0.1, -0.05) is 44.2 Å². The van der Waals surface area contributed by atoms with Crippen LogP contribution < -0.4 is 4.74 Å². The van der Waals surface area contributed by atoms with Crippen molar-refractivity contribution in [2.75, 3.05) is 33.3 Å². The predicted molar refractivity (Wildman–Crippen MR) is 111 cm³/mol. The lowest BCUT2D eigenvalue weighted by atomic mass is 9.96. The van der Waals surface area contributed by atoms with Crippen LogP contribution in [0, 0.1) is 0 Å². The summed E-state index contributed by atoms with van der Waals surface area (Å²) in [5, 5.41) is 0. The molecule has 28 heavy (non-hydrogen) atoms. The molecule has 0 aliphatic carbocycles.